The number of hydrogen-bond donors (Lipinski definition) is 1. The third-order valence-electron chi connectivity index (χ3n) is 4.97. The van der Waals surface area contributed by atoms with Crippen LogP contribution in [-0.2, 0) is 9.59 Å². The standard InChI is InChI=1S/C26H27ClN2O3S2.Na.H/c1-29(2)24(30)12-14-33-26(34-15-13-25(31)32)20-5-3-4-18(16-20)6-10-22-11-8-19-7-9-21(27)17-23(19)28-22;;/h3-11,16-17,26H,12-15H2,1-2H3,(H,31,32);;/q;+1;-1. The second-order valence-corrected chi connectivity index (χ2v) is 11.0. The zero-order chi connectivity index (χ0) is 24.5. The van der Waals surface area contributed by atoms with E-state index in [0.717, 1.165) is 27.7 Å². The van der Waals surface area contributed by atoms with Crippen LogP contribution in [0.2, 0.25) is 5.02 Å². The summed E-state index contributed by atoms with van der Waals surface area (Å²) in [4.78, 5) is 29.2. The van der Waals surface area contributed by atoms with E-state index in [-0.39, 0.29) is 47.9 Å². The van der Waals surface area contributed by atoms with Crippen LogP contribution in [0.3, 0.4) is 0 Å². The zero-order valence-electron chi connectivity index (χ0n) is 21.1. The first kappa shape index (κ1) is 29.7. The number of nitrogens with zero attached hydrogens (tertiary/aromatic N) is 2. The molecular formula is C26H28ClN2NaO3S2. The Kier molecular flexibility index (Phi) is 12.7. The molecule has 9 heteroatoms. The molecule has 1 unspecified atom stereocenters. The Hall–Kier alpha value is -1.48. The van der Waals surface area contributed by atoms with Gasteiger partial charge in [-0.25, -0.2) is 4.98 Å². The molecule has 3 rings (SSSR count). The molecule has 1 atom stereocenters. The van der Waals surface area contributed by atoms with Crippen molar-refractivity contribution in [3.8, 4) is 0 Å². The van der Waals surface area contributed by atoms with Crippen molar-refractivity contribution in [3.63, 3.8) is 0 Å². The van der Waals surface area contributed by atoms with Crippen LogP contribution in [0.1, 0.15) is 35.7 Å². The molecule has 2 aromatic carbocycles. The molecule has 1 N–H and O–H groups in total. The summed E-state index contributed by atoms with van der Waals surface area (Å²) < 4.78 is 0.0450. The Balaban J connectivity index is 0.00000324. The molecule has 0 aliphatic rings. The topological polar surface area (TPSA) is 70.5 Å². The SMILES string of the molecule is CN(C)C(=O)CCSC(SCCC(=O)O)c1cccc(C=Cc2ccc3ccc(Cl)cc3n2)c1.[H-].[Na+]. The number of amides is 1. The number of aliphatic carboxylic acids is 1. The van der Waals surface area contributed by atoms with Crippen LogP contribution in [0.15, 0.2) is 54.6 Å². The number of fused-ring (bicyclic) bond motifs is 1. The maximum absolute atomic E-state index is 11.9. The maximum Gasteiger partial charge on any atom is 1.00 e. The van der Waals surface area contributed by atoms with Crippen molar-refractivity contribution in [1.82, 2.24) is 9.88 Å². The number of benzene rings is 2. The van der Waals surface area contributed by atoms with Gasteiger partial charge in [-0.3, -0.25) is 9.59 Å². The van der Waals surface area contributed by atoms with Gasteiger partial charge in [0.1, 0.15) is 0 Å². The van der Waals surface area contributed by atoms with Crippen molar-refractivity contribution in [3.05, 3.63) is 76.4 Å². The fourth-order valence-corrected chi connectivity index (χ4v) is 5.98. The van der Waals surface area contributed by atoms with E-state index in [0.29, 0.717) is 22.9 Å². The average molecular weight is 539 g/mol. The van der Waals surface area contributed by atoms with E-state index in [4.69, 9.17) is 16.7 Å². The van der Waals surface area contributed by atoms with Crippen LogP contribution in [0.25, 0.3) is 23.1 Å². The molecular weight excluding hydrogens is 511 g/mol. The molecule has 3 aromatic rings. The second kappa shape index (κ2) is 14.9. The summed E-state index contributed by atoms with van der Waals surface area (Å²) in [5, 5.41) is 10.7. The Labute approximate surface area is 243 Å². The summed E-state index contributed by atoms with van der Waals surface area (Å²) in [6.45, 7) is 0. The normalized spacial score (nSPS) is 11.9. The quantitative estimate of drug-likeness (QED) is 0.297. The number of carbonyl (C=O) groups excluding carboxylic acids is 1. The number of halogens is 1. The van der Waals surface area contributed by atoms with Gasteiger partial charge in [0.15, 0.2) is 0 Å². The zero-order valence-corrected chi connectivity index (χ0v) is 24.5. The summed E-state index contributed by atoms with van der Waals surface area (Å²) in [5.74, 6) is 0.464. The van der Waals surface area contributed by atoms with Crippen LogP contribution < -0.4 is 29.6 Å². The number of rotatable bonds is 11. The van der Waals surface area contributed by atoms with Crippen molar-refractivity contribution in [2.45, 2.75) is 17.4 Å². The molecule has 35 heavy (non-hydrogen) atoms. The molecule has 0 aliphatic heterocycles. The van der Waals surface area contributed by atoms with E-state index < -0.39 is 5.97 Å². The van der Waals surface area contributed by atoms with Crippen molar-refractivity contribution in [2.75, 3.05) is 25.6 Å². The van der Waals surface area contributed by atoms with Gasteiger partial charge in [0.25, 0.3) is 0 Å². The van der Waals surface area contributed by atoms with E-state index in [9.17, 15) is 9.59 Å². The minimum Gasteiger partial charge on any atom is -1.00 e. The van der Waals surface area contributed by atoms with Crippen LogP contribution in [0.5, 0.6) is 0 Å². The van der Waals surface area contributed by atoms with Crippen LogP contribution in [-0.4, -0.2) is 52.5 Å². The first-order chi connectivity index (χ1) is 16.3. The van der Waals surface area contributed by atoms with Crippen LogP contribution >= 0.6 is 35.1 Å². The summed E-state index contributed by atoms with van der Waals surface area (Å²) in [7, 11) is 3.50. The number of hydrogen-bond acceptors (Lipinski definition) is 5. The van der Waals surface area contributed by atoms with Gasteiger partial charge in [0.2, 0.25) is 5.91 Å². The van der Waals surface area contributed by atoms with Gasteiger partial charge in [-0.2, -0.15) is 0 Å². The van der Waals surface area contributed by atoms with E-state index in [1.165, 1.54) is 0 Å². The van der Waals surface area contributed by atoms with Gasteiger partial charge in [-0.1, -0.05) is 48.0 Å². The van der Waals surface area contributed by atoms with Crippen molar-refractivity contribution in [2.24, 2.45) is 0 Å². The summed E-state index contributed by atoms with van der Waals surface area (Å²) in [6, 6.07) is 17.8. The molecule has 5 nitrogen and oxygen atoms in total. The van der Waals surface area contributed by atoms with Gasteiger partial charge in [-0.05, 0) is 41.5 Å². The number of carboxylic acid groups (broad SMARTS) is 1. The molecule has 0 saturated heterocycles. The average Bonchev–Trinajstić information content (AvgIpc) is 2.81. The van der Waals surface area contributed by atoms with Gasteiger partial charge in [-0.15, -0.1) is 23.5 Å². The predicted molar refractivity (Wildman–Crippen MR) is 146 cm³/mol. The monoisotopic (exact) mass is 538 g/mol. The van der Waals surface area contributed by atoms with Gasteiger partial charge >= 0.3 is 35.5 Å². The fourth-order valence-electron chi connectivity index (χ4n) is 3.16. The third-order valence-corrected chi connectivity index (χ3v) is 8.06. The van der Waals surface area contributed by atoms with Crippen molar-refractivity contribution >= 4 is 70.1 Å². The smallest absolute Gasteiger partial charge is 1.00 e. The Bertz CT molecular complexity index is 1200. The number of pyridine rings is 1. The molecule has 0 saturated carbocycles. The molecule has 0 fully saturated rings. The van der Waals surface area contributed by atoms with E-state index in [2.05, 4.69) is 11.1 Å². The van der Waals surface area contributed by atoms with Crippen molar-refractivity contribution < 1.29 is 45.7 Å². The number of carboxylic acids is 1. The third kappa shape index (κ3) is 9.83. The molecule has 1 amide bonds. The minimum atomic E-state index is -0.806. The summed E-state index contributed by atoms with van der Waals surface area (Å²) >= 11 is 9.37. The van der Waals surface area contributed by atoms with Crippen LogP contribution in [0.4, 0.5) is 0 Å². The van der Waals surface area contributed by atoms with E-state index in [1.54, 1.807) is 42.5 Å². The predicted octanol–water partition coefficient (Wildman–Crippen LogP) is 3.59. The molecule has 180 valence electrons. The Morgan fingerprint density at radius 1 is 1.06 bits per heavy atom. The first-order valence-corrected chi connectivity index (χ1v) is 13.3. The van der Waals surface area contributed by atoms with Crippen LogP contribution in [0, 0.1) is 0 Å². The minimum absolute atomic E-state index is 0. The largest absolute Gasteiger partial charge is 1.00 e. The molecule has 0 aliphatic carbocycles. The summed E-state index contributed by atoms with van der Waals surface area (Å²) in [5.41, 5.74) is 3.81. The first-order valence-electron chi connectivity index (χ1n) is 10.8. The fraction of sp³-hybridized carbons (Fsp3) is 0.269. The number of thioether (sulfide) groups is 2. The molecule has 1 heterocycles. The van der Waals surface area contributed by atoms with Gasteiger partial charge in [0, 0.05) is 42.4 Å². The second-order valence-electron chi connectivity index (χ2n) is 7.83. The summed E-state index contributed by atoms with van der Waals surface area (Å²) in [6.07, 6.45) is 4.54. The van der Waals surface area contributed by atoms with E-state index >= 15 is 0 Å². The van der Waals surface area contributed by atoms with E-state index in [1.807, 2.05) is 60.7 Å². The molecule has 1 aromatic heterocycles. The number of aromatic nitrogens is 1. The van der Waals surface area contributed by atoms with Gasteiger partial charge < -0.3 is 11.4 Å². The number of carbonyl (C=O) groups is 2. The molecule has 0 bridgehead atoms. The Morgan fingerprint density at radius 2 is 1.77 bits per heavy atom. The maximum atomic E-state index is 11.9. The molecule has 0 spiro atoms. The van der Waals surface area contributed by atoms with Crippen molar-refractivity contribution in [1.29, 1.82) is 0 Å². The Morgan fingerprint density at radius 3 is 2.49 bits per heavy atom. The molecule has 0 radical (unpaired) electrons. The van der Waals surface area contributed by atoms with Gasteiger partial charge in [0.05, 0.1) is 22.2 Å².